The molecule has 0 bridgehead atoms. The molecule has 0 aliphatic carbocycles. The number of aromatic nitrogens is 2. The Labute approximate surface area is 138 Å². The molecule has 0 radical (unpaired) electrons. The zero-order valence-corrected chi connectivity index (χ0v) is 13.4. The van der Waals surface area contributed by atoms with E-state index < -0.39 is 0 Å². The highest BCUT2D eigenvalue weighted by molar-refractivity contribution is 6.31. The van der Waals surface area contributed by atoms with Gasteiger partial charge in [-0.1, -0.05) is 23.7 Å². The second kappa shape index (κ2) is 6.71. The fraction of sp³-hybridized carbons (Fsp3) is 0.176. The molecule has 1 heterocycles. The molecule has 0 fully saturated rings. The number of methoxy groups -OCH3 is 1. The number of fused-ring (bicyclic) bond motifs is 1. The lowest BCUT2D eigenvalue weighted by atomic mass is 10.2. The first-order valence-corrected chi connectivity index (χ1v) is 7.60. The van der Waals surface area contributed by atoms with Crippen LogP contribution in [0.5, 0.6) is 5.75 Å². The number of aromatic amines is 1. The van der Waals surface area contributed by atoms with Gasteiger partial charge in [0.25, 0.3) is 5.91 Å². The van der Waals surface area contributed by atoms with Gasteiger partial charge in [0.2, 0.25) is 0 Å². The molecular formula is C17H16ClN3O2. The van der Waals surface area contributed by atoms with Crippen LogP contribution in [0.4, 0.5) is 0 Å². The molecule has 3 aromatic rings. The Kier molecular flexibility index (Phi) is 4.48. The maximum atomic E-state index is 12.3. The Morgan fingerprint density at radius 3 is 2.91 bits per heavy atom. The zero-order valence-electron chi connectivity index (χ0n) is 12.6. The van der Waals surface area contributed by atoms with Crippen LogP contribution in [0.3, 0.4) is 0 Å². The lowest BCUT2D eigenvalue weighted by molar-refractivity contribution is 0.0951. The summed E-state index contributed by atoms with van der Waals surface area (Å²) in [5.41, 5.74) is 2.33. The molecule has 0 spiro atoms. The van der Waals surface area contributed by atoms with Gasteiger partial charge in [-0.25, -0.2) is 4.98 Å². The van der Waals surface area contributed by atoms with Crippen molar-refractivity contribution >= 4 is 28.5 Å². The van der Waals surface area contributed by atoms with Crippen molar-refractivity contribution in [2.24, 2.45) is 0 Å². The largest absolute Gasteiger partial charge is 0.496 e. The number of H-pyrrole nitrogens is 1. The third kappa shape index (κ3) is 3.46. The Morgan fingerprint density at radius 1 is 1.30 bits per heavy atom. The van der Waals surface area contributed by atoms with Crippen molar-refractivity contribution in [3.8, 4) is 5.75 Å². The Hall–Kier alpha value is -2.53. The number of amides is 1. The van der Waals surface area contributed by atoms with E-state index in [1.165, 1.54) is 7.11 Å². The second-order valence-electron chi connectivity index (χ2n) is 5.05. The predicted molar refractivity (Wildman–Crippen MR) is 90.1 cm³/mol. The molecule has 2 aromatic carbocycles. The first-order chi connectivity index (χ1) is 11.2. The summed E-state index contributed by atoms with van der Waals surface area (Å²) in [6, 6.07) is 12.8. The number of hydrogen-bond donors (Lipinski definition) is 2. The number of carbonyl (C=O) groups is 1. The van der Waals surface area contributed by atoms with E-state index in [0.29, 0.717) is 29.3 Å². The van der Waals surface area contributed by atoms with Crippen LogP contribution in [-0.4, -0.2) is 29.5 Å². The summed E-state index contributed by atoms with van der Waals surface area (Å²) >= 11 is 5.94. The zero-order chi connectivity index (χ0) is 16.2. The van der Waals surface area contributed by atoms with Crippen molar-refractivity contribution < 1.29 is 9.53 Å². The molecule has 0 aliphatic rings. The number of benzene rings is 2. The fourth-order valence-electron chi connectivity index (χ4n) is 2.37. The van der Waals surface area contributed by atoms with E-state index in [1.807, 2.05) is 24.3 Å². The van der Waals surface area contributed by atoms with Crippen molar-refractivity contribution in [1.29, 1.82) is 0 Å². The molecule has 6 heteroatoms. The molecule has 118 valence electrons. The fourth-order valence-corrected chi connectivity index (χ4v) is 2.54. The molecule has 5 nitrogen and oxygen atoms in total. The summed E-state index contributed by atoms with van der Waals surface area (Å²) in [6.07, 6.45) is 0.614. The van der Waals surface area contributed by atoms with E-state index in [0.717, 1.165) is 16.9 Å². The van der Waals surface area contributed by atoms with Gasteiger partial charge in [-0.3, -0.25) is 4.79 Å². The molecule has 0 saturated heterocycles. The van der Waals surface area contributed by atoms with Crippen LogP contribution in [0, 0.1) is 0 Å². The molecule has 0 unspecified atom stereocenters. The van der Waals surface area contributed by atoms with Crippen LogP contribution in [0.25, 0.3) is 11.0 Å². The van der Waals surface area contributed by atoms with Gasteiger partial charge in [0.15, 0.2) is 0 Å². The van der Waals surface area contributed by atoms with E-state index in [2.05, 4.69) is 15.3 Å². The standard InChI is InChI=1S/C17H16ClN3O2/c1-23-15-7-6-11(18)10-12(15)17(22)19-9-8-16-20-13-4-2-3-5-14(13)21-16/h2-7,10H,8-9H2,1H3,(H,19,22)(H,20,21). The summed E-state index contributed by atoms with van der Waals surface area (Å²) in [5, 5.41) is 3.35. The van der Waals surface area contributed by atoms with Crippen LogP contribution >= 0.6 is 11.6 Å². The van der Waals surface area contributed by atoms with Crippen molar-refractivity contribution in [3.05, 3.63) is 58.9 Å². The molecule has 0 aliphatic heterocycles. The number of halogens is 1. The topological polar surface area (TPSA) is 67.0 Å². The number of imidazole rings is 1. The quantitative estimate of drug-likeness (QED) is 0.755. The Balaban J connectivity index is 1.64. The van der Waals surface area contributed by atoms with Crippen LogP contribution in [0.1, 0.15) is 16.2 Å². The van der Waals surface area contributed by atoms with E-state index in [1.54, 1.807) is 18.2 Å². The number of para-hydroxylation sites is 2. The van der Waals surface area contributed by atoms with Gasteiger partial charge in [-0.2, -0.15) is 0 Å². The number of nitrogens with zero attached hydrogens (tertiary/aromatic N) is 1. The van der Waals surface area contributed by atoms with Crippen LogP contribution in [0.15, 0.2) is 42.5 Å². The first kappa shape index (κ1) is 15.4. The Morgan fingerprint density at radius 2 is 2.13 bits per heavy atom. The summed E-state index contributed by atoms with van der Waals surface area (Å²) in [7, 11) is 1.52. The average Bonchev–Trinajstić information content (AvgIpc) is 2.97. The minimum absolute atomic E-state index is 0.222. The molecular weight excluding hydrogens is 314 g/mol. The van der Waals surface area contributed by atoms with Crippen molar-refractivity contribution in [3.63, 3.8) is 0 Å². The van der Waals surface area contributed by atoms with Crippen LogP contribution in [0.2, 0.25) is 5.02 Å². The minimum atomic E-state index is -0.222. The summed E-state index contributed by atoms with van der Waals surface area (Å²) in [6.45, 7) is 0.467. The number of hydrogen-bond acceptors (Lipinski definition) is 3. The molecule has 1 amide bonds. The second-order valence-corrected chi connectivity index (χ2v) is 5.49. The smallest absolute Gasteiger partial charge is 0.255 e. The maximum Gasteiger partial charge on any atom is 0.255 e. The van der Waals surface area contributed by atoms with Gasteiger partial charge in [0.05, 0.1) is 23.7 Å². The van der Waals surface area contributed by atoms with Gasteiger partial charge in [-0.05, 0) is 30.3 Å². The summed E-state index contributed by atoms with van der Waals surface area (Å²) in [5.74, 6) is 1.11. The van der Waals surface area contributed by atoms with Gasteiger partial charge in [0.1, 0.15) is 11.6 Å². The molecule has 23 heavy (non-hydrogen) atoms. The summed E-state index contributed by atoms with van der Waals surface area (Å²) < 4.78 is 5.19. The Bertz CT molecular complexity index is 812. The monoisotopic (exact) mass is 329 g/mol. The summed E-state index contributed by atoms with van der Waals surface area (Å²) in [4.78, 5) is 20.0. The highest BCUT2D eigenvalue weighted by Gasteiger charge is 2.12. The van der Waals surface area contributed by atoms with Gasteiger partial charge < -0.3 is 15.0 Å². The van der Waals surface area contributed by atoms with E-state index >= 15 is 0 Å². The van der Waals surface area contributed by atoms with E-state index in [4.69, 9.17) is 16.3 Å². The first-order valence-electron chi connectivity index (χ1n) is 7.23. The molecule has 0 atom stereocenters. The van der Waals surface area contributed by atoms with Crippen molar-refractivity contribution in [2.45, 2.75) is 6.42 Å². The third-order valence-electron chi connectivity index (χ3n) is 3.49. The highest BCUT2D eigenvalue weighted by Crippen LogP contribution is 2.22. The number of nitrogens with one attached hydrogen (secondary N) is 2. The molecule has 3 rings (SSSR count). The van der Waals surface area contributed by atoms with Gasteiger partial charge in [-0.15, -0.1) is 0 Å². The third-order valence-corrected chi connectivity index (χ3v) is 3.73. The van der Waals surface area contributed by atoms with E-state index in [-0.39, 0.29) is 5.91 Å². The number of carbonyl (C=O) groups excluding carboxylic acids is 1. The molecule has 0 saturated carbocycles. The minimum Gasteiger partial charge on any atom is -0.496 e. The average molecular weight is 330 g/mol. The number of ether oxygens (including phenoxy) is 1. The van der Waals surface area contributed by atoms with Gasteiger partial charge >= 0.3 is 0 Å². The van der Waals surface area contributed by atoms with Gasteiger partial charge in [0, 0.05) is 18.0 Å². The highest BCUT2D eigenvalue weighted by atomic mass is 35.5. The van der Waals surface area contributed by atoms with Crippen LogP contribution < -0.4 is 10.1 Å². The lowest BCUT2D eigenvalue weighted by Gasteiger charge is -2.09. The molecule has 1 aromatic heterocycles. The number of rotatable bonds is 5. The lowest BCUT2D eigenvalue weighted by Crippen LogP contribution is -2.26. The molecule has 2 N–H and O–H groups in total. The van der Waals surface area contributed by atoms with E-state index in [9.17, 15) is 4.79 Å². The van der Waals surface area contributed by atoms with Crippen molar-refractivity contribution in [1.82, 2.24) is 15.3 Å². The predicted octanol–water partition coefficient (Wildman–Crippen LogP) is 3.20. The SMILES string of the molecule is COc1ccc(Cl)cc1C(=O)NCCc1nc2ccccc2[nH]1. The maximum absolute atomic E-state index is 12.3. The normalized spacial score (nSPS) is 10.7. The van der Waals surface area contributed by atoms with Crippen molar-refractivity contribution in [2.75, 3.05) is 13.7 Å². The van der Waals surface area contributed by atoms with Crippen LogP contribution in [-0.2, 0) is 6.42 Å².